The Hall–Kier alpha value is -0.810. The highest BCUT2D eigenvalue weighted by atomic mass is 79.9. The van der Waals surface area contributed by atoms with E-state index in [4.69, 9.17) is 4.74 Å². The van der Waals surface area contributed by atoms with Gasteiger partial charge in [-0.2, -0.15) is 0 Å². The molecule has 0 N–H and O–H groups in total. The van der Waals surface area contributed by atoms with Crippen molar-refractivity contribution in [2.24, 2.45) is 5.92 Å². The molecule has 1 aliphatic heterocycles. The van der Waals surface area contributed by atoms with Crippen molar-refractivity contribution in [1.29, 1.82) is 0 Å². The monoisotopic (exact) mass is 328 g/mol. The molecule has 18 heavy (non-hydrogen) atoms. The van der Waals surface area contributed by atoms with Crippen LogP contribution in [0.4, 0.5) is 0 Å². The van der Waals surface area contributed by atoms with Crippen LogP contribution < -0.4 is 4.74 Å². The summed E-state index contributed by atoms with van der Waals surface area (Å²) < 4.78 is 6.63. The molecule has 1 unspecified atom stereocenters. The van der Waals surface area contributed by atoms with E-state index < -0.39 is 5.92 Å². The van der Waals surface area contributed by atoms with E-state index in [1.165, 1.54) is 0 Å². The second-order valence-corrected chi connectivity index (χ2v) is 6.08. The fraction of sp³-hybridized carbons (Fsp3) is 0.385. The molecular formula is C13H13BrO3S. The van der Waals surface area contributed by atoms with Crippen LogP contribution in [0, 0.1) is 19.8 Å². The zero-order valence-corrected chi connectivity index (χ0v) is 12.6. The topological polar surface area (TPSA) is 43.4 Å². The van der Waals surface area contributed by atoms with Crippen molar-refractivity contribution in [2.45, 2.75) is 13.8 Å². The fourth-order valence-electron chi connectivity index (χ4n) is 1.80. The lowest BCUT2D eigenvalue weighted by Crippen LogP contribution is -2.22. The minimum atomic E-state index is -0.598. The Morgan fingerprint density at radius 2 is 1.94 bits per heavy atom. The third-order valence-corrected chi connectivity index (χ3v) is 5.11. The zero-order valence-electron chi connectivity index (χ0n) is 10.2. The molecule has 5 heteroatoms. The average molecular weight is 329 g/mol. The Labute approximate surface area is 118 Å². The fourth-order valence-corrected chi connectivity index (χ4v) is 2.92. The van der Waals surface area contributed by atoms with Crippen molar-refractivity contribution in [3.05, 3.63) is 27.7 Å². The Kier molecular flexibility index (Phi) is 4.12. The summed E-state index contributed by atoms with van der Waals surface area (Å²) in [5.74, 6) is 0.353. The van der Waals surface area contributed by atoms with Crippen LogP contribution in [0.5, 0.6) is 5.75 Å². The highest BCUT2D eigenvalue weighted by Crippen LogP contribution is 2.28. The first-order valence-electron chi connectivity index (χ1n) is 5.58. The summed E-state index contributed by atoms with van der Waals surface area (Å²) >= 11 is 4.56. The number of halogens is 1. The number of carbonyl (C=O) groups is 2. The van der Waals surface area contributed by atoms with E-state index in [-0.39, 0.29) is 23.3 Å². The maximum absolute atomic E-state index is 11.5. The van der Waals surface area contributed by atoms with Gasteiger partial charge in [0.2, 0.25) is 5.12 Å². The predicted octanol–water partition coefficient (Wildman–Crippen LogP) is 2.90. The van der Waals surface area contributed by atoms with Crippen LogP contribution in [0.1, 0.15) is 11.1 Å². The number of carbonyl (C=O) groups excluding carboxylic acids is 2. The van der Waals surface area contributed by atoms with Gasteiger partial charge in [-0.25, -0.2) is 0 Å². The minimum absolute atomic E-state index is 0.0319. The normalized spacial score (nSPS) is 19.4. The van der Waals surface area contributed by atoms with E-state index in [1.807, 2.05) is 26.0 Å². The number of hydrogen-bond donors (Lipinski definition) is 0. The molecule has 0 aromatic heterocycles. The maximum atomic E-state index is 11.5. The second kappa shape index (κ2) is 5.45. The first-order chi connectivity index (χ1) is 8.49. The molecule has 1 aromatic rings. The van der Waals surface area contributed by atoms with Gasteiger partial charge in [0.1, 0.15) is 18.3 Å². The summed E-state index contributed by atoms with van der Waals surface area (Å²) in [4.78, 5) is 22.9. The molecule has 1 fully saturated rings. The van der Waals surface area contributed by atoms with E-state index in [9.17, 15) is 9.59 Å². The summed E-state index contributed by atoms with van der Waals surface area (Å²) in [5, 5.41) is -0.0782. The standard InChI is InChI=1S/C13H13BrO3S/c1-7-3-9(4-8(2)12(7)14)17-5-10-11(15)6-18-13(10)16/h3-4,10H,5-6H2,1-2H3. The maximum Gasteiger partial charge on any atom is 0.203 e. The van der Waals surface area contributed by atoms with Gasteiger partial charge < -0.3 is 4.74 Å². The van der Waals surface area contributed by atoms with Gasteiger partial charge in [0, 0.05) is 4.47 Å². The van der Waals surface area contributed by atoms with Gasteiger partial charge in [-0.05, 0) is 37.1 Å². The molecule has 0 radical (unpaired) electrons. The van der Waals surface area contributed by atoms with Crippen LogP contribution in [0.15, 0.2) is 16.6 Å². The first-order valence-corrected chi connectivity index (χ1v) is 7.36. The molecular weight excluding hydrogens is 316 g/mol. The van der Waals surface area contributed by atoms with Crippen molar-refractivity contribution >= 4 is 38.6 Å². The Morgan fingerprint density at radius 1 is 1.33 bits per heavy atom. The molecule has 0 aliphatic carbocycles. The van der Waals surface area contributed by atoms with Gasteiger partial charge in [0.25, 0.3) is 0 Å². The molecule has 1 heterocycles. The molecule has 1 atom stereocenters. The quantitative estimate of drug-likeness (QED) is 0.800. The molecule has 0 spiro atoms. The highest BCUT2D eigenvalue weighted by Gasteiger charge is 2.34. The number of rotatable bonds is 3. The predicted molar refractivity (Wildman–Crippen MR) is 75.1 cm³/mol. The Morgan fingerprint density at radius 3 is 2.44 bits per heavy atom. The van der Waals surface area contributed by atoms with Crippen LogP contribution in [-0.2, 0) is 9.59 Å². The van der Waals surface area contributed by atoms with Crippen molar-refractivity contribution < 1.29 is 14.3 Å². The zero-order chi connectivity index (χ0) is 13.3. The largest absolute Gasteiger partial charge is 0.492 e. The molecule has 0 amide bonds. The van der Waals surface area contributed by atoms with Crippen molar-refractivity contribution in [2.75, 3.05) is 12.4 Å². The number of ether oxygens (including phenoxy) is 1. The van der Waals surface area contributed by atoms with E-state index in [1.54, 1.807) is 0 Å². The van der Waals surface area contributed by atoms with Crippen LogP contribution in [0.2, 0.25) is 0 Å². The molecule has 2 rings (SSSR count). The van der Waals surface area contributed by atoms with E-state index in [0.717, 1.165) is 27.4 Å². The van der Waals surface area contributed by atoms with Crippen LogP contribution >= 0.6 is 27.7 Å². The van der Waals surface area contributed by atoms with E-state index in [2.05, 4.69) is 15.9 Å². The number of aryl methyl sites for hydroxylation is 2. The lowest BCUT2D eigenvalue weighted by Gasteiger charge is -2.12. The lowest BCUT2D eigenvalue weighted by atomic mass is 10.1. The van der Waals surface area contributed by atoms with Crippen LogP contribution in [0.3, 0.4) is 0 Å². The summed E-state index contributed by atoms with van der Waals surface area (Å²) in [6, 6.07) is 3.79. The summed E-state index contributed by atoms with van der Waals surface area (Å²) in [6.07, 6.45) is 0. The summed E-state index contributed by atoms with van der Waals surface area (Å²) in [6.45, 7) is 4.10. The molecule has 3 nitrogen and oxygen atoms in total. The smallest absolute Gasteiger partial charge is 0.203 e. The molecule has 1 aromatic carbocycles. The number of Topliss-reactive ketones (excluding diaryl/α,β-unsaturated/α-hetero) is 1. The van der Waals surface area contributed by atoms with Crippen molar-refractivity contribution in [3.63, 3.8) is 0 Å². The second-order valence-electron chi connectivity index (χ2n) is 4.31. The van der Waals surface area contributed by atoms with Gasteiger partial charge in [-0.3, -0.25) is 9.59 Å². The molecule has 1 aliphatic rings. The number of ketones is 1. The Bertz CT molecular complexity index is 474. The third kappa shape index (κ3) is 2.78. The summed E-state index contributed by atoms with van der Waals surface area (Å²) in [5.41, 5.74) is 2.15. The third-order valence-electron chi connectivity index (χ3n) is 2.86. The number of benzene rings is 1. The molecule has 0 bridgehead atoms. The van der Waals surface area contributed by atoms with Gasteiger partial charge in [0.05, 0.1) is 5.75 Å². The van der Waals surface area contributed by atoms with E-state index in [0.29, 0.717) is 5.75 Å². The van der Waals surface area contributed by atoms with Crippen LogP contribution in [0.25, 0.3) is 0 Å². The highest BCUT2D eigenvalue weighted by molar-refractivity contribution is 9.10. The van der Waals surface area contributed by atoms with Crippen molar-refractivity contribution in [3.8, 4) is 5.75 Å². The minimum Gasteiger partial charge on any atom is -0.492 e. The van der Waals surface area contributed by atoms with Gasteiger partial charge in [-0.15, -0.1) is 0 Å². The average Bonchev–Trinajstić information content (AvgIpc) is 2.63. The molecule has 96 valence electrons. The van der Waals surface area contributed by atoms with E-state index >= 15 is 0 Å². The lowest BCUT2D eigenvalue weighted by molar-refractivity contribution is -0.126. The van der Waals surface area contributed by atoms with Gasteiger partial charge >= 0.3 is 0 Å². The van der Waals surface area contributed by atoms with Crippen LogP contribution in [-0.4, -0.2) is 23.3 Å². The number of hydrogen-bond acceptors (Lipinski definition) is 4. The SMILES string of the molecule is Cc1cc(OCC2C(=O)CSC2=O)cc(C)c1Br. The molecule has 0 saturated carbocycles. The first kappa shape index (κ1) is 13.6. The molecule has 1 saturated heterocycles. The van der Waals surface area contributed by atoms with Gasteiger partial charge in [0.15, 0.2) is 5.78 Å². The number of thioether (sulfide) groups is 1. The Balaban J connectivity index is 2.07. The van der Waals surface area contributed by atoms with Gasteiger partial charge in [-0.1, -0.05) is 27.7 Å². The summed E-state index contributed by atoms with van der Waals surface area (Å²) in [7, 11) is 0. The van der Waals surface area contributed by atoms with Crippen molar-refractivity contribution in [1.82, 2.24) is 0 Å².